The minimum atomic E-state index is -0.459. The van der Waals surface area contributed by atoms with Crippen molar-refractivity contribution < 1.29 is 41.5 Å². The first-order chi connectivity index (χ1) is 7.97. The zero-order valence-corrected chi connectivity index (χ0v) is 13.5. The molecule has 0 atom stereocenters. The molecule has 0 heterocycles. The molecule has 0 aliphatic heterocycles. The molecule has 0 saturated carbocycles. The number of hydrogen-bond acceptors (Lipinski definition) is 0. The van der Waals surface area contributed by atoms with Crippen molar-refractivity contribution in [2.45, 2.75) is 20.8 Å². The number of hydrogen-bond donors (Lipinski definition) is 0. The summed E-state index contributed by atoms with van der Waals surface area (Å²) >= 11 is 0. The van der Waals surface area contributed by atoms with Gasteiger partial charge in [0, 0.05) is 5.82 Å². The van der Waals surface area contributed by atoms with E-state index in [0.29, 0.717) is 16.7 Å². The second-order valence-corrected chi connectivity index (χ2v) is 4.34. The van der Waals surface area contributed by atoms with Crippen molar-refractivity contribution in [3.8, 4) is 11.1 Å². The summed E-state index contributed by atoms with van der Waals surface area (Å²) < 4.78 is 27.2. The van der Waals surface area contributed by atoms with Gasteiger partial charge < -0.3 is 0 Å². The normalized spacial score (nSPS) is 10.1. The molecule has 0 bridgehead atoms. The van der Waals surface area contributed by atoms with Crippen molar-refractivity contribution in [1.82, 2.24) is 0 Å². The van der Waals surface area contributed by atoms with Crippen LogP contribution in [0.4, 0.5) is 8.78 Å². The van der Waals surface area contributed by atoms with Crippen molar-refractivity contribution in [3.63, 3.8) is 0 Å². The number of benzene rings is 2. The van der Waals surface area contributed by atoms with E-state index in [2.05, 4.69) is 6.07 Å². The van der Waals surface area contributed by atoms with E-state index in [1.807, 2.05) is 19.9 Å². The first-order valence-electron chi connectivity index (χ1n) is 5.44. The van der Waals surface area contributed by atoms with E-state index < -0.39 is 5.82 Å². The van der Waals surface area contributed by atoms with Gasteiger partial charge in [0.15, 0.2) is 0 Å². The predicted octanol–water partition coefficient (Wildman–Crippen LogP) is 4.35. The topological polar surface area (TPSA) is 0 Å². The van der Waals surface area contributed by atoms with Crippen LogP contribution in [0.25, 0.3) is 11.1 Å². The van der Waals surface area contributed by atoms with Crippen LogP contribution in [-0.2, 0) is 32.7 Å². The fourth-order valence-corrected chi connectivity index (χ4v) is 2.10. The fraction of sp³-hybridized carbons (Fsp3) is 0.200. The van der Waals surface area contributed by atoms with Gasteiger partial charge in [-0.2, -0.15) is 11.6 Å². The van der Waals surface area contributed by atoms with Gasteiger partial charge in [0.2, 0.25) is 0 Å². The van der Waals surface area contributed by atoms with Gasteiger partial charge in [0.1, 0.15) is 5.82 Å². The van der Waals surface area contributed by atoms with Gasteiger partial charge in [0.05, 0.1) is 0 Å². The molecule has 2 rings (SSSR count). The summed E-state index contributed by atoms with van der Waals surface area (Å²) in [4.78, 5) is 0. The zero-order valence-electron chi connectivity index (χ0n) is 10.6. The standard InChI is InChI=1S/C15H13F2.Y/c1-9-4-11(3)15(14(17)7-9)12-5-10(2)6-13(16)8-12;/h4-5,7-8H,1-3H3;/q-1;+3. The van der Waals surface area contributed by atoms with E-state index in [4.69, 9.17) is 0 Å². The van der Waals surface area contributed by atoms with Crippen LogP contribution in [0, 0.1) is 38.5 Å². The Hall–Kier alpha value is -0.596. The first kappa shape index (κ1) is 15.5. The third kappa shape index (κ3) is 3.24. The van der Waals surface area contributed by atoms with Crippen molar-refractivity contribution in [3.05, 3.63) is 58.7 Å². The third-order valence-corrected chi connectivity index (χ3v) is 2.69. The summed E-state index contributed by atoms with van der Waals surface area (Å²) in [7, 11) is 0. The molecule has 0 radical (unpaired) electrons. The summed E-state index contributed by atoms with van der Waals surface area (Å²) in [6.07, 6.45) is 0. The number of rotatable bonds is 1. The number of aryl methyl sites for hydroxylation is 3. The van der Waals surface area contributed by atoms with Crippen LogP contribution in [0.3, 0.4) is 0 Å². The Morgan fingerprint density at radius 1 is 0.944 bits per heavy atom. The van der Waals surface area contributed by atoms with Crippen LogP contribution in [0.2, 0.25) is 0 Å². The Bertz CT molecular complexity index is 533. The first-order valence-corrected chi connectivity index (χ1v) is 5.44. The third-order valence-electron chi connectivity index (χ3n) is 2.69. The Balaban J connectivity index is 0.00000162. The Morgan fingerprint density at radius 3 is 2.17 bits per heavy atom. The molecule has 2 aromatic rings. The van der Waals surface area contributed by atoms with Gasteiger partial charge in [-0.05, 0) is 36.6 Å². The SMILES string of the molecule is Cc1[c-]c(F)cc(-c2c(C)cc(C)cc2F)c1.[Y+3]. The van der Waals surface area contributed by atoms with E-state index >= 15 is 0 Å². The molecule has 88 valence electrons. The van der Waals surface area contributed by atoms with Gasteiger partial charge in [-0.3, -0.25) is 0 Å². The van der Waals surface area contributed by atoms with Crippen molar-refractivity contribution in [2.75, 3.05) is 0 Å². The summed E-state index contributed by atoms with van der Waals surface area (Å²) in [5.74, 6) is -0.771. The van der Waals surface area contributed by atoms with Crippen molar-refractivity contribution in [2.24, 2.45) is 0 Å². The van der Waals surface area contributed by atoms with Gasteiger partial charge in [-0.1, -0.05) is 13.0 Å². The molecular weight excluding hydrogens is 307 g/mol. The fourth-order valence-electron chi connectivity index (χ4n) is 2.10. The van der Waals surface area contributed by atoms with Crippen LogP contribution in [0.5, 0.6) is 0 Å². The molecule has 0 aliphatic rings. The molecule has 0 N–H and O–H groups in total. The Morgan fingerprint density at radius 2 is 1.61 bits per heavy atom. The average molecular weight is 320 g/mol. The molecule has 0 unspecified atom stereocenters. The quantitative estimate of drug-likeness (QED) is 0.685. The molecule has 2 aromatic carbocycles. The van der Waals surface area contributed by atoms with Crippen LogP contribution < -0.4 is 0 Å². The monoisotopic (exact) mass is 320 g/mol. The molecule has 0 fully saturated rings. The summed E-state index contributed by atoms with van der Waals surface area (Å²) in [6.45, 7) is 5.41. The van der Waals surface area contributed by atoms with E-state index in [9.17, 15) is 8.78 Å². The van der Waals surface area contributed by atoms with Gasteiger partial charge >= 0.3 is 32.7 Å². The Kier molecular flexibility index (Phi) is 5.18. The smallest absolute Gasteiger partial charge is 0.236 e. The van der Waals surface area contributed by atoms with E-state index in [1.54, 1.807) is 13.0 Å². The van der Waals surface area contributed by atoms with Crippen molar-refractivity contribution in [1.29, 1.82) is 0 Å². The summed E-state index contributed by atoms with van der Waals surface area (Å²) in [6, 6.07) is 8.95. The maximum Gasteiger partial charge on any atom is 3.00 e. The average Bonchev–Trinajstić information content (AvgIpc) is 2.13. The molecule has 0 spiro atoms. The molecule has 0 aromatic heterocycles. The predicted molar refractivity (Wildman–Crippen MR) is 64.8 cm³/mol. The Labute approximate surface area is 131 Å². The van der Waals surface area contributed by atoms with E-state index in [1.165, 1.54) is 12.1 Å². The van der Waals surface area contributed by atoms with E-state index in [0.717, 1.165) is 11.1 Å². The molecular formula is C15H13F2Y+2. The molecule has 3 heteroatoms. The second kappa shape index (κ2) is 6.03. The van der Waals surface area contributed by atoms with Gasteiger partial charge in [0.25, 0.3) is 0 Å². The molecule has 18 heavy (non-hydrogen) atoms. The molecule has 0 nitrogen and oxygen atoms in total. The van der Waals surface area contributed by atoms with Crippen LogP contribution >= 0.6 is 0 Å². The van der Waals surface area contributed by atoms with Gasteiger partial charge in [-0.15, -0.1) is 17.7 Å². The van der Waals surface area contributed by atoms with Gasteiger partial charge in [-0.25, -0.2) is 8.78 Å². The molecule has 0 amide bonds. The largest absolute Gasteiger partial charge is 3.00 e. The molecule has 0 saturated heterocycles. The zero-order chi connectivity index (χ0) is 12.6. The second-order valence-electron chi connectivity index (χ2n) is 4.34. The van der Waals surface area contributed by atoms with Crippen LogP contribution in [0.1, 0.15) is 16.7 Å². The van der Waals surface area contributed by atoms with Crippen LogP contribution in [-0.4, -0.2) is 0 Å². The van der Waals surface area contributed by atoms with Crippen molar-refractivity contribution >= 4 is 0 Å². The summed E-state index contributed by atoms with van der Waals surface area (Å²) in [5, 5.41) is 0. The molecule has 0 aliphatic carbocycles. The van der Waals surface area contributed by atoms with E-state index in [-0.39, 0.29) is 38.5 Å². The number of halogens is 2. The van der Waals surface area contributed by atoms with Crippen LogP contribution in [0.15, 0.2) is 24.3 Å². The maximum atomic E-state index is 13.9. The summed E-state index contributed by atoms with van der Waals surface area (Å²) in [5.41, 5.74) is 3.37. The maximum absolute atomic E-state index is 13.9. The minimum Gasteiger partial charge on any atom is -0.236 e. The minimum absolute atomic E-state index is 0.